The van der Waals surface area contributed by atoms with Crippen molar-refractivity contribution in [3.05, 3.63) is 47.5 Å². The zero-order valence-corrected chi connectivity index (χ0v) is 15.0. The summed E-state index contributed by atoms with van der Waals surface area (Å²) in [5, 5.41) is 2.80. The van der Waals surface area contributed by atoms with Crippen LogP contribution >= 0.6 is 0 Å². The van der Waals surface area contributed by atoms with Gasteiger partial charge in [0.05, 0.1) is 32.9 Å². The number of anilines is 1. The summed E-state index contributed by atoms with van der Waals surface area (Å²) in [4.78, 5) is 23.5. The Morgan fingerprint density at radius 3 is 2.23 bits per heavy atom. The first-order valence-electron chi connectivity index (χ1n) is 8.00. The number of carbonyl (C=O) groups excluding carboxylic acids is 2. The van der Waals surface area contributed by atoms with Gasteiger partial charge in [-0.05, 0) is 31.2 Å². The summed E-state index contributed by atoms with van der Waals surface area (Å²) in [6.07, 6.45) is 0.0919. The molecule has 0 saturated heterocycles. The molecule has 0 aromatic heterocycles. The Hall–Kier alpha value is -3.22. The minimum absolute atomic E-state index is 0.0919. The summed E-state index contributed by atoms with van der Waals surface area (Å²) in [6.45, 7) is 1.98. The van der Waals surface area contributed by atoms with E-state index in [1.807, 2.05) is 6.92 Å². The van der Waals surface area contributed by atoms with Gasteiger partial charge >= 0.3 is 0 Å². The predicted molar refractivity (Wildman–Crippen MR) is 98.0 cm³/mol. The molecule has 0 heterocycles. The van der Waals surface area contributed by atoms with E-state index in [2.05, 4.69) is 5.32 Å². The number of ether oxygens (including phenoxy) is 3. The molecular formula is C19H22N2O5. The van der Waals surface area contributed by atoms with Crippen molar-refractivity contribution in [3.8, 4) is 17.2 Å². The van der Waals surface area contributed by atoms with Gasteiger partial charge in [0.15, 0.2) is 0 Å². The zero-order valence-electron chi connectivity index (χ0n) is 15.0. The maximum absolute atomic E-state index is 12.6. The molecule has 0 aliphatic carbocycles. The number of rotatable bonds is 8. The van der Waals surface area contributed by atoms with E-state index in [9.17, 15) is 9.59 Å². The number of para-hydroxylation sites is 2. The second kappa shape index (κ2) is 8.75. The molecule has 7 nitrogen and oxygen atoms in total. The van der Waals surface area contributed by atoms with E-state index in [-0.39, 0.29) is 18.9 Å². The third-order valence-corrected chi connectivity index (χ3v) is 3.76. The van der Waals surface area contributed by atoms with Gasteiger partial charge in [0.2, 0.25) is 5.91 Å². The maximum atomic E-state index is 12.6. The van der Waals surface area contributed by atoms with Crippen LogP contribution in [0.3, 0.4) is 0 Å². The molecule has 0 unspecified atom stereocenters. The van der Waals surface area contributed by atoms with Crippen molar-refractivity contribution in [1.29, 1.82) is 0 Å². The van der Waals surface area contributed by atoms with E-state index in [1.54, 1.807) is 36.4 Å². The van der Waals surface area contributed by atoms with E-state index < -0.39 is 5.91 Å². The Bertz CT molecular complexity index is 779. The van der Waals surface area contributed by atoms with Gasteiger partial charge in [0, 0.05) is 11.1 Å². The number of primary amides is 1. The van der Waals surface area contributed by atoms with Gasteiger partial charge in [-0.25, -0.2) is 0 Å². The van der Waals surface area contributed by atoms with Crippen LogP contribution in [0.2, 0.25) is 0 Å². The normalized spacial score (nSPS) is 10.1. The molecule has 0 radical (unpaired) electrons. The third-order valence-electron chi connectivity index (χ3n) is 3.76. The van der Waals surface area contributed by atoms with Crippen LogP contribution in [0.25, 0.3) is 0 Å². The molecule has 0 atom stereocenters. The second-order valence-corrected chi connectivity index (χ2v) is 5.52. The van der Waals surface area contributed by atoms with Crippen LogP contribution in [0.1, 0.15) is 22.3 Å². The molecule has 138 valence electrons. The van der Waals surface area contributed by atoms with Gasteiger partial charge in [-0.1, -0.05) is 12.1 Å². The molecule has 0 aliphatic heterocycles. The standard InChI is InChI=1S/C19H22N2O5/c1-12-16(24-2)10-13(11-17(12)25-3)19(23)21-14-6-4-5-7-15(14)26-9-8-18(20)22/h4-7,10-11H,8-9H2,1-3H3,(H2,20,22)(H,21,23). The minimum atomic E-state index is -0.453. The van der Waals surface area contributed by atoms with Crippen molar-refractivity contribution in [3.63, 3.8) is 0 Å². The lowest BCUT2D eigenvalue weighted by atomic mass is 10.1. The Balaban J connectivity index is 2.21. The van der Waals surface area contributed by atoms with Gasteiger partial charge in [0.1, 0.15) is 17.2 Å². The number of nitrogens with one attached hydrogen (secondary N) is 1. The summed E-state index contributed by atoms with van der Waals surface area (Å²) in [7, 11) is 3.07. The Morgan fingerprint density at radius 2 is 1.65 bits per heavy atom. The van der Waals surface area contributed by atoms with E-state index in [4.69, 9.17) is 19.9 Å². The summed E-state index contributed by atoms with van der Waals surface area (Å²) in [5.74, 6) is 0.770. The van der Waals surface area contributed by atoms with Gasteiger partial charge in [-0.2, -0.15) is 0 Å². The first-order chi connectivity index (χ1) is 12.5. The highest BCUT2D eigenvalue weighted by atomic mass is 16.5. The molecule has 3 N–H and O–H groups in total. The van der Waals surface area contributed by atoms with Crippen molar-refractivity contribution in [2.24, 2.45) is 5.73 Å². The van der Waals surface area contributed by atoms with E-state index in [0.717, 1.165) is 5.56 Å². The molecule has 7 heteroatoms. The average Bonchev–Trinajstić information content (AvgIpc) is 2.63. The van der Waals surface area contributed by atoms with Crippen molar-refractivity contribution >= 4 is 17.5 Å². The predicted octanol–water partition coefficient (Wildman–Crippen LogP) is 2.52. The second-order valence-electron chi connectivity index (χ2n) is 5.52. The lowest BCUT2D eigenvalue weighted by molar-refractivity contribution is -0.118. The van der Waals surface area contributed by atoms with E-state index >= 15 is 0 Å². The van der Waals surface area contributed by atoms with Crippen molar-refractivity contribution in [2.45, 2.75) is 13.3 Å². The fraction of sp³-hybridized carbons (Fsp3) is 0.263. The van der Waals surface area contributed by atoms with Crippen molar-refractivity contribution in [1.82, 2.24) is 0 Å². The first kappa shape index (κ1) is 19.1. The number of hydrogen-bond acceptors (Lipinski definition) is 5. The fourth-order valence-electron chi connectivity index (χ4n) is 2.37. The summed E-state index contributed by atoms with van der Waals surface area (Å²) in [5.41, 5.74) is 6.78. The number of carbonyl (C=O) groups is 2. The molecule has 0 spiro atoms. The lowest BCUT2D eigenvalue weighted by Crippen LogP contribution is -2.16. The van der Waals surface area contributed by atoms with E-state index in [1.165, 1.54) is 14.2 Å². The maximum Gasteiger partial charge on any atom is 0.256 e. The zero-order chi connectivity index (χ0) is 19.1. The molecule has 0 bridgehead atoms. The number of benzene rings is 2. The van der Waals surface area contributed by atoms with Crippen molar-refractivity contribution in [2.75, 3.05) is 26.1 Å². The van der Waals surface area contributed by atoms with Gasteiger partial charge in [-0.15, -0.1) is 0 Å². The largest absolute Gasteiger partial charge is 0.496 e. The number of nitrogens with two attached hydrogens (primary N) is 1. The molecule has 0 aliphatic rings. The first-order valence-corrected chi connectivity index (χ1v) is 8.00. The monoisotopic (exact) mass is 358 g/mol. The molecule has 26 heavy (non-hydrogen) atoms. The lowest BCUT2D eigenvalue weighted by Gasteiger charge is -2.14. The molecule has 2 aromatic carbocycles. The highest BCUT2D eigenvalue weighted by Gasteiger charge is 2.15. The van der Waals surface area contributed by atoms with Crippen LogP contribution in [-0.2, 0) is 4.79 Å². The fourth-order valence-corrected chi connectivity index (χ4v) is 2.37. The summed E-state index contributed by atoms with van der Waals surface area (Å²) < 4.78 is 16.1. The van der Waals surface area contributed by atoms with Crippen molar-refractivity contribution < 1.29 is 23.8 Å². The topological polar surface area (TPSA) is 99.9 Å². The highest BCUT2D eigenvalue weighted by Crippen LogP contribution is 2.30. The van der Waals surface area contributed by atoms with Crippen LogP contribution in [0.4, 0.5) is 5.69 Å². The molecule has 2 amide bonds. The van der Waals surface area contributed by atoms with Crippen LogP contribution in [0.15, 0.2) is 36.4 Å². The van der Waals surface area contributed by atoms with Crippen LogP contribution in [-0.4, -0.2) is 32.6 Å². The Kier molecular flexibility index (Phi) is 6.43. The number of hydrogen-bond donors (Lipinski definition) is 2. The quantitative estimate of drug-likeness (QED) is 0.755. The van der Waals surface area contributed by atoms with Gasteiger partial charge in [-0.3, -0.25) is 9.59 Å². The highest BCUT2D eigenvalue weighted by molar-refractivity contribution is 6.05. The van der Waals surface area contributed by atoms with E-state index in [0.29, 0.717) is 28.5 Å². The van der Waals surface area contributed by atoms with Crippen LogP contribution in [0, 0.1) is 6.92 Å². The van der Waals surface area contributed by atoms with Crippen LogP contribution < -0.4 is 25.3 Å². The summed E-state index contributed by atoms with van der Waals surface area (Å²) >= 11 is 0. The minimum Gasteiger partial charge on any atom is -0.496 e. The average molecular weight is 358 g/mol. The van der Waals surface area contributed by atoms with Crippen LogP contribution in [0.5, 0.6) is 17.2 Å². The molecule has 0 fully saturated rings. The molecule has 2 rings (SSSR count). The number of methoxy groups -OCH3 is 2. The van der Waals surface area contributed by atoms with Gasteiger partial charge in [0.25, 0.3) is 5.91 Å². The molecule has 0 saturated carbocycles. The SMILES string of the molecule is COc1cc(C(=O)Nc2ccccc2OCCC(N)=O)cc(OC)c1C. The van der Waals surface area contributed by atoms with Gasteiger partial charge < -0.3 is 25.3 Å². The molecular weight excluding hydrogens is 336 g/mol. The Morgan fingerprint density at radius 1 is 1.04 bits per heavy atom. The summed E-state index contributed by atoms with van der Waals surface area (Å²) in [6, 6.07) is 10.2. The molecule has 2 aromatic rings. The third kappa shape index (κ3) is 4.66. The smallest absolute Gasteiger partial charge is 0.256 e. The number of amides is 2. The Labute approximate surface area is 152 Å².